The van der Waals surface area contributed by atoms with Crippen LogP contribution in [0, 0.1) is 0 Å². The molecule has 1 aliphatic carbocycles. The second kappa shape index (κ2) is 7.95. The highest BCUT2D eigenvalue weighted by molar-refractivity contribution is 5.87. The van der Waals surface area contributed by atoms with Crippen LogP contribution >= 0.6 is 0 Å². The predicted octanol–water partition coefficient (Wildman–Crippen LogP) is 4.92. The molecule has 5 nitrogen and oxygen atoms in total. The van der Waals surface area contributed by atoms with Gasteiger partial charge in [0.25, 0.3) is 0 Å². The first kappa shape index (κ1) is 19.2. The lowest BCUT2D eigenvalue weighted by Gasteiger charge is -2.38. The van der Waals surface area contributed by atoms with Crippen molar-refractivity contribution < 1.29 is 9.53 Å². The SMILES string of the molecule is CCN1CCCC[C@@H]1c1ccc(N(C(=O)OC(C)(C)C)C2CCC2)nc1. The van der Waals surface area contributed by atoms with Crippen molar-refractivity contribution in [3.05, 3.63) is 23.9 Å². The first-order valence-electron chi connectivity index (χ1n) is 10.1. The lowest BCUT2D eigenvalue weighted by Crippen LogP contribution is -2.47. The summed E-state index contributed by atoms with van der Waals surface area (Å²) >= 11 is 0. The minimum absolute atomic E-state index is 0.213. The van der Waals surface area contributed by atoms with E-state index in [4.69, 9.17) is 4.74 Å². The van der Waals surface area contributed by atoms with E-state index in [1.807, 2.05) is 33.0 Å². The van der Waals surface area contributed by atoms with Crippen LogP contribution in [0.25, 0.3) is 0 Å². The fourth-order valence-electron chi connectivity index (χ4n) is 3.87. The summed E-state index contributed by atoms with van der Waals surface area (Å²) in [7, 11) is 0. The number of likely N-dealkylation sites (tertiary alicyclic amines) is 1. The van der Waals surface area contributed by atoms with Crippen LogP contribution in [0.4, 0.5) is 10.6 Å². The first-order chi connectivity index (χ1) is 12.4. The van der Waals surface area contributed by atoms with Gasteiger partial charge in [0.05, 0.1) is 0 Å². The van der Waals surface area contributed by atoms with Gasteiger partial charge >= 0.3 is 6.09 Å². The number of nitrogens with zero attached hydrogens (tertiary/aromatic N) is 3. The normalized spacial score (nSPS) is 21.9. The van der Waals surface area contributed by atoms with Crippen LogP contribution in [0.2, 0.25) is 0 Å². The van der Waals surface area contributed by atoms with Gasteiger partial charge in [0.2, 0.25) is 0 Å². The molecule has 2 aliphatic rings. The van der Waals surface area contributed by atoms with Crippen molar-refractivity contribution in [3.8, 4) is 0 Å². The topological polar surface area (TPSA) is 45.7 Å². The lowest BCUT2D eigenvalue weighted by molar-refractivity contribution is 0.0548. The Morgan fingerprint density at radius 2 is 2.00 bits per heavy atom. The van der Waals surface area contributed by atoms with E-state index in [0.29, 0.717) is 11.9 Å². The molecule has 0 N–H and O–H groups in total. The Bertz CT molecular complexity index is 605. The second-order valence-electron chi connectivity index (χ2n) is 8.52. The zero-order valence-electron chi connectivity index (χ0n) is 16.7. The molecule has 0 unspecified atom stereocenters. The van der Waals surface area contributed by atoms with Gasteiger partial charge < -0.3 is 4.74 Å². The van der Waals surface area contributed by atoms with Crippen molar-refractivity contribution >= 4 is 11.9 Å². The monoisotopic (exact) mass is 359 g/mol. The van der Waals surface area contributed by atoms with Gasteiger partial charge in [-0.2, -0.15) is 0 Å². The average molecular weight is 360 g/mol. The number of pyridine rings is 1. The van der Waals surface area contributed by atoms with E-state index in [-0.39, 0.29) is 12.1 Å². The summed E-state index contributed by atoms with van der Waals surface area (Å²) in [5.74, 6) is 0.714. The maximum atomic E-state index is 12.7. The van der Waals surface area contributed by atoms with E-state index in [1.54, 1.807) is 4.90 Å². The summed E-state index contributed by atoms with van der Waals surface area (Å²) < 4.78 is 5.63. The van der Waals surface area contributed by atoms with Crippen LogP contribution in [0.5, 0.6) is 0 Å². The Balaban J connectivity index is 1.78. The smallest absolute Gasteiger partial charge is 0.416 e. The standard InChI is InChI=1S/C21H33N3O2/c1-5-23-14-7-6-11-18(23)16-12-13-19(22-15-16)24(17-9-8-10-17)20(25)26-21(2,3)4/h12-13,15,17-18H,5-11,14H2,1-4H3/t18-/m1/s1. The number of piperidine rings is 1. The maximum absolute atomic E-state index is 12.7. The van der Waals surface area contributed by atoms with E-state index in [2.05, 4.69) is 22.9 Å². The molecule has 1 saturated carbocycles. The van der Waals surface area contributed by atoms with E-state index < -0.39 is 5.60 Å². The molecule has 2 fully saturated rings. The van der Waals surface area contributed by atoms with Gasteiger partial charge in [-0.05, 0) is 77.6 Å². The van der Waals surface area contributed by atoms with Gasteiger partial charge in [0.15, 0.2) is 0 Å². The fourth-order valence-corrected chi connectivity index (χ4v) is 3.87. The molecule has 1 atom stereocenters. The highest BCUT2D eigenvalue weighted by atomic mass is 16.6. The van der Waals surface area contributed by atoms with Crippen molar-refractivity contribution in [2.75, 3.05) is 18.0 Å². The van der Waals surface area contributed by atoms with Crippen LogP contribution in [-0.2, 0) is 4.74 Å². The average Bonchev–Trinajstić information content (AvgIpc) is 2.56. The number of anilines is 1. The molecule has 144 valence electrons. The number of aromatic nitrogens is 1. The van der Waals surface area contributed by atoms with Crippen LogP contribution in [-0.4, -0.2) is 40.7 Å². The summed E-state index contributed by atoms with van der Waals surface area (Å²) in [5, 5.41) is 0. The number of rotatable bonds is 4. The van der Waals surface area contributed by atoms with Crippen molar-refractivity contribution in [2.24, 2.45) is 0 Å². The third-order valence-corrected chi connectivity index (χ3v) is 5.45. The molecular weight excluding hydrogens is 326 g/mol. The van der Waals surface area contributed by atoms with Gasteiger partial charge in [-0.25, -0.2) is 9.78 Å². The van der Waals surface area contributed by atoms with Crippen molar-refractivity contribution in [3.63, 3.8) is 0 Å². The number of amides is 1. The molecule has 0 spiro atoms. The highest BCUT2D eigenvalue weighted by Gasteiger charge is 2.34. The summed E-state index contributed by atoms with van der Waals surface area (Å²) in [6.07, 6.45) is 8.63. The first-order valence-corrected chi connectivity index (χ1v) is 10.1. The molecule has 26 heavy (non-hydrogen) atoms. The number of carbonyl (C=O) groups is 1. The van der Waals surface area contributed by atoms with Gasteiger partial charge in [0, 0.05) is 18.3 Å². The molecule has 1 aromatic rings. The minimum Gasteiger partial charge on any atom is -0.443 e. The van der Waals surface area contributed by atoms with E-state index in [1.165, 1.54) is 24.8 Å². The molecule has 0 radical (unpaired) electrons. The Morgan fingerprint density at radius 1 is 1.23 bits per heavy atom. The third kappa shape index (κ3) is 4.37. The summed E-state index contributed by atoms with van der Waals surface area (Å²) in [6.45, 7) is 10.2. The van der Waals surface area contributed by atoms with E-state index in [0.717, 1.165) is 32.4 Å². The van der Waals surface area contributed by atoms with Crippen LogP contribution in [0.15, 0.2) is 18.3 Å². The molecule has 0 bridgehead atoms. The van der Waals surface area contributed by atoms with Crippen LogP contribution < -0.4 is 4.90 Å². The molecule has 5 heteroatoms. The quantitative estimate of drug-likeness (QED) is 0.765. The minimum atomic E-state index is -0.497. The molecular formula is C21H33N3O2. The number of hydrogen-bond donors (Lipinski definition) is 0. The maximum Gasteiger partial charge on any atom is 0.416 e. The number of hydrogen-bond acceptors (Lipinski definition) is 4. The third-order valence-electron chi connectivity index (χ3n) is 5.45. The fraction of sp³-hybridized carbons (Fsp3) is 0.714. The Morgan fingerprint density at radius 3 is 2.54 bits per heavy atom. The van der Waals surface area contributed by atoms with Gasteiger partial charge in [-0.15, -0.1) is 0 Å². The van der Waals surface area contributed by atoms with Crippen LogP contribution in [0.3, 0.4) is 0 Å². The molecule has 1 amide bonds. The Labute approximate surface area is 157 Å². The molecule has 1 aromatic heterocycles. The summed E-state index contributed by atoms with van der Waals surface area (Å²) in [4.78, 5) is 21.7. The Kier molecular flexibility index (Phi) is 5.86. The lowest BCUT2D eigenvalue weighted by atomic mass is 9.91. The highest BCUT2D eigenvalue weighted by Crippen LogP contribution is 2.33. The Hall–Kier alpha value is -1.62. The zero-order chi connectivity index (χ0) is 18.7. The summed E-state index contributed by atoms with van der Waals surface area (Å²) in [6, 6.07) is 4.82. The number of carbonyl (C=O) groups excluding carboxylic acids is 1. The second-order valence-corrected chi connectivity index (χ2v) is 8.52. The van der Waals surface area contributed by atoms with Crippen molar-refractivity contribution in [1.29, 1.82) is 0 Å². The molecule has 2 heterocycles. The van der Waals surface area contributed by atoms with Crippen molar-refractivity contribution in [2.45, 2.75) is 83.9 Å². The van der Waals surface area contributed by atoms with Gasteiger partial charge in [0.1, 0.15) is 11.4 Å². The zero-order valence-corrected chi connectivity index (χ0v) is 16.7. The largest absolute Gasteiger partial charge is 0.443 e. The van der Waals surface area contributed by atoms with Crippen molar-refractivity contribution in [1.82, 2.24) is 9.88 Å². The van der Waals surface area contributed by atoms with E-state index >= 15 is 0 Å². The molecule has 3 rings (SSSR count). The van der Waals surface area contributed by atoms with E-state index in [9.17, 15) is 4.79 Å². The molecule has 1 aliphatic heterocycles. The summed E-state index contributed by atoms with van der Waals surface area (Å²) in [5.41, 5.74) is 0.760. The molecule has 0 aromatic carbocycles. The van der Waals surface area contributed by atoms with Gasteiger partial charge in [-0.1, -0.05) is 19.4 Å². The van der Waals surface area contributed by atoms with Crippen LogP contribution in [0.1, 0.15) is 77.8 Å². The number of ether oxygens (including phenoxy) is 1. The molecule has 1 saturated heterocycles. The van der Waals surface area contributed by atoms with Gasteiger partial charge in [-0.3, -0.25) is 9.80 Å². The predicted molar refractivity (Wildman–Crippen MR) is 104 cm³/mol.